The maximum absolute atomic E-state index is 13.1. The van der Waals surface area contributed by atoms with E-state index in [1.165, 1.54) is 17.4 Å². The summed E-state index contributed by atoms with van der Waals surface area (Å²) in [4.78, 5) is 58.8. The van der Waals surface area contributed by atoms with Crippen molar-refractivity contribution < 1.29 is 24.3 Å². The molecular weight excluding hydrogens is 460 g/mol. The largest absolute Gasteiger partial charge is 0.480 e. The highest BCUT2D eigenvalue weighted by molar-refractivity contribution is 7.98. The van der Waals surface area contributed by atoms with Gasteiger partial charge in [0.2, 0.25) is 17.7 Å². The van der Waals surface area contributed by atoms with Crippen LogP contribution in [0.2, 0.25) is 0 Å². The number of aromatic amines is 1. The zero-order chi connectivity index (χ0) is 25.3. The maximum atomic E-state index is 13.1. The minimum absolute atomic E-state index is 0.0300. The second-order valence-corrected chi connectivity index (χ2v) is 9.93. The Labute approximate surface area is 204 Å². The first-order valence-corrected chi connectivity index (χ1v) is 12.9. The third kappa shape index (κ3) is 8.01. The van der Waals surface area contributed by atoms with Crippen molar-refractivity contribution in [3.63, 3.8) is 0 Å². The predicted molar refractivity (Wildman–Crippen MR) is 129 cm³/mol. The number of carboxylic acid groups (broad SMARTS) is 1. The van der Waals surface area contributed by atoms with Crippen LogP contribution in [-0.2, 0) is 25.6 Å². The van der Waals surface area contributed by atoms with E-state index in [0.717, 1.165) is 5.75 Å². The molecule has 3 amide bonds. The van der Waals surface area contributed by atoms with Gasteiger partial charge in [0.05, 0.1) is 12.4 Å². The van der Waals surface area contributed by atoms with Gasteiger partial charge in [-0.15, -0.1) is 0 Å². The normalized spacial score (nSPS) is 18.4. The Morgan fingerprint density at radius 3 is 2.62 bits per heavy atom. The van der Waals surface area contributed by atoms with Gasteiger partial charge in [0, 0.05) is 24.9 Å². The summed E-state index contributed by atoms with van der Waals surface area (Å²) in [6.07, 6.45) is 6.89. The van der Waals surface area contributed by atoms with Crippen molar-refractivity contribution >= 4 is 35.5 Å². The standard InChI is InChI=1S/C22H36N6O5S/c1-13(2)9-16(19(29)27-17(22(32)33)10-14-11-24-12-25-14)26-20(30)18-5-4-7-28(18)21(31)15(23)6-8-34-3/h11-13,15-18H,4-10,23H2,1-3H3,(H,24,25)(H,26,30)(H,27,29)(H,32,33). The molecule has 190 valence electrons. The SMILES string of the molecule is CSCCC(N)C(=O)N1CCCC1C(=O)NC(CC(C)C)C(=O)NC(Cc1cnc[nH]1)C(=O)O. The van der Waals surface area contributed by atoms with Gasteiger partial charge in [0.25, 0.3) is 0 Å². The number of hydrogen-bond acceptors (Lipinski definition) is 7. The van der Waals surface area contributed by atoms with Crippen molar-refractivity contribution in [2.45, 2.75) is 70.1 Å². The highest BCUT2D eigenvalue weighted by atomic mass is 32.2. The first-order valence-electron chi connectivity index (χ1n) is 11.5. The van der Waals surface area contributed by atoms with E-state index in [2.05, 4.69) is 20.6 Å². The summed E-state index contributed by atoms with van der Waals surface area (Å²) < 4.78 is 0. The number of aromatic nitrogens is 2. The number of imidazole rings is 1. The fraction of sp³-hybridized carbons (Fsp3) is 0.682. The molecule has 0 radical (unpaired) electrons. The van der Waals surface area contributed by atoms with Gasteiger partial charge in [-0.1, -0.05) is 13.8 Å². The Kier molecular flexibility index (Phi) is 10.8. The molecule has 6 N–H and O–H groups in total. The van der Waals surface area contributed by atoms with Crippen LogP contribution in [0.1, 0.15) is 45.2 Å². The average molecular weight is 497 g/mol. The van der Waals surface area contributed by atoms with E-state index in [9.17, 15) is 24.3 Å². The first-order chi connectivity index (χ1) is 16.1. The van der Waals surface area contributed by atoms with Gasteiger partial charge in [-0.2, -0.15) is 11.8 Å². The lowest BCUT2D eigenvalue weighted by Crippen LogP contribution is -2.57. The number of nitrogens with zero attached hydrogens (tertiary/aromatic N) is 2. The van der Waals surface area contributed by atoms with Crippen molar-refractivity contribution in [1.29, 1.82) is 0 Å². The summed E-state index contributed by atoms with van der Waals surface area (Å²) >= 11 is 1.60. The Bertz CT molecular complexity index is 834. The van der Waals surface area contributed by atoms with Crippen LogP contribution in [-0.4, -0.2) is 86.4 Å². The number of thioether (sulfide) groups is 1. The fourth-order valence-electron chi connectivity index (χ4n) is 3.94. The van der Waals surface area contributed by atoms with E-state index in [0.29, 0.717) is 37.9 Å². The van der Waals surface area contributed by atoms with Crippen LogP contribution >= 0.6 is 11.8 Å². The predicted octanol–water partition coefficient (Wildman–Crippen LogP) is 0.124. The summed E-state index contributed by atoms with van der Waals surface area (Å²) in [5.74, 6) is -1.65. The molecule has 0 bridgehead atoms. The minimum Gasteiger partial charge on any atom is -0.480 e. The van der Waals surface area contributed by atoms with Crippen LogP contribution in [0.5, 0.6) is 0 Å². The first kappa shape index (κ1) is 27.6. The van der Waals surface area contributed by atoms with Crippen LogP contribution < -0.4 is 16.4 Å². The lowest BCUT2D eigenvalue weighted by atomic mass is 10.0. The summed E-state index contributed by atoms with van der Waals surface area (Å²) in [6.45, 7) is 4.25. The topological polar surface area (TPSA) is 171 Å². The molecule has 0 aromatic carbocycles. The highest BCUT2D eigenvalue weighted by Crippen LogP contribution is 2.20. The smallest absolute Gasteiger partial charge is 0.326 e. The molecule has 1 aliphatic heterocycles. The van der Waals surface area contributed by atoms with E-state index in [4.69, 9.17) is 5.73 Å². The van der Waals surface area contributed by atoms with Crippen molar-refractivity contribution in [3.05, 3.63) is 18.2 Å². The monoisotopic (exact) mass is 496 g/mol. The molecule has 1 saturated heterocycles. The van der Waals surface area contributed by atoms with Crippen LogP contribution in [0.4, 0.5) is 0 Å². The summed E-state index contributed by atoms with van der Waals surface area (Å²) in [5.41, 5.74) is 6.60. The van der Waals surface area contributed by atoms with Gasteiger partial charge < -0.3 is 31.4 Å². The third-order valence-electron chi connectivity index (χ3n) is 5.72. The zero-order valence-electron chi connectivity index (χ0n) is 20.0. The number of nitrogens with one attached hydrogen (secondary N) is 3. The van der Waals surface area contributed by atoms with Gasteiger partial charge in [-0.05, 0) is 43.6 Å². The fourth-order valence-corrected chi connectivity index (χ4v) is 4.43. The van der Waals surface area contributed by atoms with E-state index in [1.54, 1.807) is 11.8 Å². The molecule has 4 unspecified atom stereocenters. The number of rotatable bonds is 13. The molecule has 11 nitrogen and oxygen atoms in total. The average Bonchev–Trinajstić information content (AvgIpc) is 3.47. The molecule has 0 spiro atoms. The van der Waals surface area contributed by atoms with Crippen LogP contribution in [0.25, 0.3) is 0 Å². The molecule has 1 fully saturated rings. The molecule has 0 saturated carbocycles. The molecule has 2 rings (SSSR count). The number of aliphatic carboxylic acids is 1. The lowest BCUT2D eigenvalue weighted by molar-refractivity contribution is -0.143. The van der Waals surface area contributed by atoms with E-state index >= 15 is 0 Å². The summed E-state index contributed by atoms with van der Waals surface area (Å²) in [7, 11) is 0. The molecule has 1 aliphatic rings. The van der Waals surface area contributed by atoms with E-state index < -0.39 is 42.0 Å². The highest BCUT2D eigenvalue weighted by Gasteiger charge is 2.38. The van der Waals surface area contributed by atoms with Crippen molar-refractivity contribution in [3.8, 4) is 0 Å². The second-order valence-electron chi connectivity index (χ2n) is 8.95. The van der Waals surface area contributed by atoms with Crippen molar-refractivity contribution in [2.75, 3.05) is 18.6 Å². The number of carbonyl (C=O) groups excluding carboxylic acids is 3. The Morgan fingerprint density at radius 2 is 2.03 bits per heavy atom. The lowest BCUT2D eigenvalue weighted by Gasteiger charge is -2.29. The Balaban J connectivity index is 2.07. The quantitative estimate of drug-likeness (QED) is 0.256. The molecule has 1 aromatic heterocycles. The second kappa shape index (κ2) is 13.3. The molecular formula is C22H36N6O5S. The van der Waals surface area contributed by atoms with Gasteiger partial charge in [-0.25, -0.2) is 9.78 Å². The number of likely N-dealkylation sites (tertiary alicyclic amines) is 1. The number of H-pyrrole nitrogens is 1. The number of carboxylic acids is 1. The zero-order valence-corrected chi connectivity index (χ0v) is 20.8. The molecule has 12 heteroatoms. The van der Waals surface area contributed by atoms with E-state index in [1.807, 2.05) is 20.1 Å². The Hall–Kier alpha value is -2.60. The van der Waals surface area contributed by atoms with E-state index in [-0.39, 0.29) is 18.2 Å². The van der Waals surface area contributed by atoms with Crippen LogP contribution in [0.3, 0.4) is 0 Å². The van der Waals surface area contributed by atoms with Crippen molar-refractivity contribution in [1.82, 2.24) is 25.5 Å². The molecule has 2 heterocycles. The number of nitrogens with two attached hydrogens (primary N) is 1. The molecule has 4 atom stereocenters. The summed E-state index contributed by atoms with van der Waals surface area (Å²) in [6, 6.07) is -3.48. The molecule has 0 aliphatic carbocycles. The summed E-state index contributed by atoms with van der Waals surface area (Å²) in [5, 5.41) is 14.8. The molecule has 1 aromatic rings. The number of carbonyl (C=O) groups is 4. The Morgan fingerprint density at radius 1 is 1.29 bits per heavy atom. The van der Waals surface area contributed by atoms with Crippen molar-refractivity contribution in [2.24, 2.45) is 11.7 Å². The van der Waals surface area contributed by atoms with Gasteiger partial charge in [0.1, 0.15) is 18.1 Å². The van der Waals surface area contributed by atoms with Crippen LogP contribution in [0, 0.1) is 5.92 Å². The number of hydrogen-bond donors (Lipinski definition) is 5. The minimum atomic E-state index is -1.19. The molecule has 34 heavy (non-hydrogen) atoms. The third-order valence-corrected chi connectivity index (χ3v) is 6.37. The maximum Gasteiger partial charge on any atom is 0.326 e. The van der Waals surface area contributed by atoms with Crippen LogP contribution in [0.15, 0.2) is 12.5 Å². The van der Waals surface area contributed by atoms with Gasteiger partial charge in [-0.3, -0.25) is 14.4 Å². The van der Waals surface area contributed by atoms with Gasteiger partial charge >= 0.3 is 5.97 Å². The number of amides is 3. The van der Waals surface area contributed by atoms with Gasteiger partial charge in [0.15, 0.2) is 0 Å².